The van der Waals surface area contributed by atoms with Gasteiger partial charge in [-0.15, -0.1) is 0 Å². The molecule has 0 amide bonds. The van der Waals surface area contributed by atoms with Gasteiger partial charge in [-0.25, -0.2) is 8.42 Å². The van der Waals surface area contributed by atoms with Gasteiger partial charge in [-0.3, -0.25) is 0 Å². The van der Waals surface area contributed by atoms with Crippen molar-refractivity contribution in [2.75, 3.05) is 12.9 Å². The summed E-state index contributed by atoms with van der Waals surface area (Å²) in [5, 5.41) is 0. The van der Waals surface area contributed by atoms with Gasteiger partial charge in [-0.05, 0) is 34.1 Å². The van der Waals surface area contributed by atoms with E-state index in [1.807, 2.05) is 0 Å². The van der Waals surface area contributed by atoms with Crippen LogP contribution in [0.25, 0.3) is 0 Å². The average molecular weight is 333 g/mol. The zero-order chi connectivity index (χ0) is 13.3. The van der Waals surface area contributed by atoms with Crippen LogP contribution in [0.15, 0.2) is 27.6 Å². The van der Waals surface area contributed by atoms with Crippen molar-refractivity contribution in [3.63, 3.8) is 0 Å². The number of ether oxygens (including phenoxy) is 1. The number of sulfone groups is 1. The average Bonchev–Trinajstić information content (AvgIpc) is 2.12. The standard InChI is InChI=1S/C9H8BrF3O3S/c1-17(14,15)6-2-3-8(7(10)4-6)16-5-9(11,12)13/h2-4H,5H2,1H3. The zero-order valence-electron chi connectivity index (χ0n) is 8.58. The molecule has 0 aliphatic rings. The summed E-state index contributed by atoms with van der Waals surface area (Å²) in [6.45, 7) is -1.43. The lowest BCUT2D eigenvalue weighted by Gasteiger charge is -2.11. The summed E-state index contributed by atoms with van der Waals surface area (Å²) < 4.78 is 62.7. The number of rotatable bonds is 3. The Morgan fingerprint density at radius 1 is 1.35 bits per heavy atom. The van der Waals surface area contributed by atoms with Gasteiger partial charge in [0.1, 0.15) is 5.75 Å². The van der Waals surface area contributed by atoms with Gasteiger partial charge in [0.15, 0.2) is 16.4 Å². The van der Waals surface area contributed by atoms with E-state index < -0.39 is 22.6 Å². The van der Waals surface area contributed by atoms with E-state index in [9.17, 15) is 21.6 Å². The summed E-state index contributed by atoms with van der Waals surface area (Å²) in [5.74, 6) is -0.0604. The largest absolute Gasteiger partial charge is 0.483 e. The molecule has 0 atom stereocenters. The Morgan fingerprint density at radius 2 is 1.94 bits per heavy atom. The van der Waals surface area contributed by atoms with Crippen LogP contribution in [0.5, 0.6) is 5.75 Å². The maximum atomic E-state index is 11.9. The minimum atomic E-state index is -4.44. The Morgan fingerprint density at radius 3 is 2.35 bits per heavy atom. The van der Waals surface area contributed by atoms with Gasteiger partial charge in [-0.1, -0.05) is 0 Å². The SMILES string of the molecule is CS(=O)(=O)c1ccc(OCC(F)(F)F)c(Br)c1. The Labute approximate surface area is 105 Å². The second-order valence-corrected chi connectivity index (χ2v) is 6.14. The van der Waals surface area contributed by atoms with E-state index in [0.717, 1.165) is 6.26 Å². The van der Waals surface area contributed by atoms with E-state index in [1.165, 1.54) is 18.2 Å². The molecule has 0 aliphatic heterocycles. The van der Waals surface area contributed by atoms with Crippen LogP contribution in [-0.4, -0.2) is 27.5 Å². The van der Waals surface area contributed by atoms with Crippen molar-refractivity contribution in [3.8, 4) is 5.75 Å². The lowest BCUT2D eigenvalue weighted by atomic mass is 10.3. The highest BCUT2D eigenvalue weighted by atomic mass is 79.9. The molecule has 0 N–H and O–H groups in total. The second kappa shape index (κ2) is 4.85. The summed E-state index contributed by atoms with van der Waals surface area (Å²) >= 11 is 2.95. The van der Waals surface area contributed by atoms with Crippen LogP contribution in [0.1, 0.15) is 0 Å². The summed E-state index contributed by atoms with van der Waals surface area (Å²) in [4.78, 5) is 0.00346. The number of hydrogen-bond acceptors (Lipinski definition) is 3. The van der Waals surface area contributed by atoms with Crippen LogP contribution in [0.2, 0.25) is 0 Å². The smallest absolute Gasteiger partial charge is 0.422 e. The van der Waals surface area contributed by atoms with Crippen molar-refractivity contribution >= 4 is 25.8 Å². The topological polar surface area (TPSA) is 43.4 Å². The fourth-order valence-electron chi connectivity index (χ4n) is 0.989. The third-order valence-corrected chi connectivity index (χ3v) is 3.45. The fourth-order valence-corrected chi connectivity index (χ4v) is 2.28. The van der Waals surface area contributed by atoms with Crippen LogP contribution < -0.4 is 4.74 Å². The number of hydrogen-bond donors (Lipinski definition) is 0. The van der Waals surface area contributed by atoms with Crippen LogP contribution >= 0.6 is 15.9 Å². The molecule has 0 bridgehead atoms. The molecule has 0 unspecified atom stereocenters. The van der Waals surface area contributed by atoms with Gasteiger partial charge in [0.05, 0.1) is 9.37 Å². The van der Waals surface area contributed by atoms with Crippen LogP contribution in [0.4, 0.5) is 13.2 Å². The molecule has 1 rings (SSSR count). The number of benzene rings is 1. The molecule has 0 heterocycles. The summed E-state index contributed by atoms with van der Waals surface area (Å²) in [7, 11) is -3.39. The molecule has 8 heteroatoms. The molecular formula is C9H8BrF3O3S. The van der Waals surface area contributed by atoms with E-state index in [0.29, 0.717) is 0 Å². The van der Waals surface area contributed by atoms with Gasteiger partial charge in [-0.2, -0.15) is 13.2 Å². The van der Waals surface area contributed by atoms with Crippen molar-refractivity contribution in [1.82, 2.24) is 0 Å². The second-order valence-electron chi connectivity index (χ2n) is 3.27. The van der Waals surface area contributed by atoms with E-state index in [4.69, 9.17) is 0 Å². The Bertz CT molecular complexity index is 511. The van der Waals surface area contributed by atoms with Gasteiger partial charge >= 0.3 is 6.18 Å². The maximum Gasteiger partial charge on any atom is 0.422 e. The van der Waals surface area contributed by atoms with Gasteiger partial charge in [0.2, 0.25) is 0 Å². The summed E-state index contributed by atoms with van der Waals surface area (Å²) in [6.07, 6.45) is -3.43. The normalized spacial score (nSPS) is 12.5. The molecule has 1 aromatic rings. The fraction of sp³-hybridized carbons (Fsp3) is 0.333. The molecule has 0 aliphatic carbocycles. The minimum absolute atomic E-state index is 0.00346. The minimum Gasteiger partial charge on any atom is -0.483 e. The van der Waals surface area contributed by atoms with Crippen molar-refractivity contribution in [2.45, 2.75) is 11.1 Å². The summed E-state index contributed by atoms with van der Waals surface area (Å²) in [5.41, 5.74) is 0. The Balaban J connectivity index is 2.92. The van der Waals surface area contributed by atoms with E-state index in [-0.39, 0.29) is 15.1 Å². The zero-order valence-corrected chi connectivity index (χ0v) is 11.0. The Hall–Kier alpha value is -0.760. The third-order valence-electron chi connectivity index (χ3n) is 1.72. The molecule has 96 valence electrons. The molecule has 0 spiro atoms. The first-order chi connectivity index (χ1) is 7.59. The first-order valence-electron chi connectivity index (χ1n) is 4.29. The quantitative estimate of drug-likeness (QED) is 0.854. The van der Waals surface area contributed by atoms with Crippen LogP contribution in [0, 0.1) is 0 Å². The predicted octanol–water partition coefficient (Wildman–Crippen LogP) is 2.79. The van der Waals surface area contributed by atoms with Crippen LogP contribution in [0.3, 0.4) is 0 Å². The molecule has 0 aromatic heterocycles. The van der Waals surface area contributed by atoms with Gasteiger partial charge < -0.3 is 4.74 Å². The predicted molar refractivity (Wildman–Crippen MR) is 58.8 cm³/mol. The van der Waals surface area contributed by atoms with Crippen molar-refractivity contribution in [2.24, 2.45) is 0 Å². The lowest BCUT2D eigenvalue weighted by molar-refractivity contribution is -0.153. The highest BCUT2D eigenvalue weighted by Gasteiger charge is 2.28. The molecule has 0 saturated heterocycles. The number of alkyl halides is 3. The molecular weight excluding hydrogens is 325 g/mol. The molecule has 3 nitrogen and oxygen atoms in total. The van der Waals surface area contributed by atoms with E-state index in [2.05, 4.69) is 20.7 Å². The van der Waals surface area contributed by atoms with Crippen molar-refractivity contribution in [1.29, 1.82) is 0 Å². The molecule has 0 fully saturated rings. The highest BCUT2D eigenvalue weighted by molar-refractivity contribution is 9.10. The molecule has 0 saturated carbocycles. The monoisotopic (exact) mass is 332 g/mol. The van der Waals surface area contributed by atoms with E-state index in [1.54, 1.807) is 0 Å². The molecule has 1 aromatic carbocycles. The lowest BCUT2D eigenvalue weighted by Crippen LogP contribution is -2.19. The van der Waals surface area contributed by atoms with Crippen LogP contribution in [-0.2, 0) is 9.84 Å². The molecule has 0 radical (unpaired) electrons. The maximum absolute atomic E-state index is 11.9. The van der Waals surface area contributed by atoms with Gasteiger partial charge in [0.25, 0.3) is 0 Å². The first-order valence-corrected chi connectivity index (χ1v) is 6.97. The first kappa shape index (κ1) is 14.3. The highest BCUT2D eigenvalue weighted by Crippen LogP contribution is 2.29. The third kappa shape index (κ3) is 4.55. The Kier molecular flexibility index (Phi) is 4.08. The molecule has 17 heavy (non-hydrogen) atoms. The van der Waals surface area contributed by atoms with E-state index >= 15 is 0 Å². The van der Waals surface area contributed by atoms with Gasteiger partial charge in [0, 0.05) is 6.26 Å². The van der Waals surface area contributed by atoms with Crippen molar-refractivity contribution < 1.29 is 26.3 Å². The summed E-state index contributed by atoms with van der Waals surface area (Å²) in [6, 6.07) is 3.55. The van der Waals surface area contributed by atoms with Crippen molar-refractivity contribution in [3.05, 3.63) is 22.7 Å². The number of halogens is 4.